The van der Waals surface area contributed by atoms with E-state index in [0.717, 1.165) is 48.2 Å². The van der Waals surface area contributed by atoms with Crippen LogP contribution in [0.4, 0.5) is 10.5 Å². The molecule has 5 heteroatoms. The van der Waals surface area contributed by atoms with Crippen LogP contribution < -0.4 is 15.4 Å². The third-order valence-electron chi connectivity index (χ3n) is 4.82. The summed E-state index contributed by atoms with van der Waals surface area (Å²) in [5.41, 5.74) is 2.18. The minimum atomic E-state index is -0.487. The van der Waals surface area contributed by atoms with Gasteiger partial charge in [0.15, 0.2) is 0 Å². The molecule has 25 heavy (non-hydrogen) atoms. The summed E-state index contributed by atoms with van der Waals surface area (Å²) < 4.78 is 5.19. The second kappa shape index (κ2) is 7.57. The average molecular weight is 340 g/mol. The Kier molecular flexibility index (Phi) is 5.24. The fourth-order valence-electron chi connectivity index (χ4n) is 3.38. The van der Waals surface area contributed by atoms with E-state index in [0.29, 0.717) is 0 Å². The molecule has 0 saturated heterocycles. The van der Waals surface area contributed by atoms with Crippen molar-refractivity contribution in [2.45, 2.75) is 31.2 Å². The summed E-state index contributed by atoms with van der Waals surface area (Å²) in [6.45, 7) is -0.0272. The Hall–Kier alpha value is -2.53. The van der Waals surface area contributed by atoms with Gasteiger partial charge in [0.25, 0.3) is 0 Å². The lowest BCUT2D eigenvalue weighted by molar-refractivity contribution is 0.167. The average Bonchev–Trinajstić information content (AvgIpc) is 3.11. The molecule has 5 nitrogen and oxygen atoms in total. The van der Waals surface area contributed by atoms with E-state index in [1.165, 1.54) is 0 Å². The number of ether oxygens (including phenoxy) is 1. The predicted molar refractivity (Wildman–Crippen MR) is 98.9 cm³/mol. The van der Waals surface area contributed by atoms with Crippen molar-refractivity contribution in [3.05, 3.63) is 48.5 Å². The van der Waals surface area contributed by atoms with E-state index in [2.05, 4.69) is 10.6 Å². The van der Waals surface area contributed by atoms with Gasteiger partial charge in [-0.2, -0.15) is 0 Å². The number of rotatable bonds is 5. The molecule has 0 unspecified atom stereocenters. The molecule has 0 spiro atoms. The molecule has 3 N–H and O–H groups in total. The second-order valence-electron chi connectivity index (χ2n) is 6.50. The number of urea groups is 1. The number of methoxy groups -OCH3 is 1. The predicted octanol–water partition coefficient (Wildman–Crippen LogP) is 3.79. The van der Waals surface area contributed by atoms with Crippen LogP contribution in [0.5, 0.6) is 5.75 Å². The van der Waals surface area contributed by atoms with E-state index in [1.54, 1.807) is 7.11 Å². The Morgan fingerprint density at radius 2 is 1.80 bits per heavy atom. The molecule has 1 fully saturated rings. The smallest absolute Gasteiger partial charge is 0.319 e. The van der Waals surface area contributed by atoms with E-state index in [4.69, 9.17) is 4.74 Å². The van der Waals surface area contributed by atoms with Crippen molar-refractivity contribution >= 4 is 11.7 Å². The maximum atomic E-state index is 12.5. The number of aliphatic hydroxyl groups excluding tert-OH is 1. The number of carbonyl (C=O) groups is 1. The first-order chi connectivity index (χ1) is 12.2. The third kappa shape index (κ3) is 3.94. The number of nitrogens with one attached hydrogen (secondary N) is 2. The Balaban J connectivity index is 1.77. The van der Waals surface area contributed by atoms with Crippen LogP contribution >= 0.6 is 0 Å². The molecular formula is C20H24N2O3. The maximum absolute atomic E-state index is 12.5. The van der Waals surface area contributed by atoms with Crippen molar-refractivity contribution in [2.24, 2.45) is 0 Å². The fraction of sp³-hybridized carbons (Fsp3) is 0.350. The third-order valence-corrected chi connectivity index (χ3v) is 4.82. The number of benzene rings is 2. The van der Waals surface area contributed by atoms with E-state index >= 15 is 0 Å². The van der Waals surface area contributed by atoms with Crippen LogP contribution in [0.1, 0.15) is 25.7 Å². The maximum Gasteiger partial charge on any atom is 0.319 e. The quantitative estimate of drug-likeness (QED) is 0.775. The van der Waals surface area contributed by atoms with E-state index < -0.39 is 5.54 Å². The highest BCUT2D eigenvalue weighted by Crippen LogP contribution is 2.31. The van der Waals surface area contributed by atoms with E-state index in [-0.39, 0.29) is 12.6 Å². The normalized spacial score (nSPS) is 15.6. The largest absolute Gasteiger partial charge is 0.497 e. The van der Waals surface area contributed by atoms with Gasteiger partial charge in [-0.25, -0.2) is 4.79 Å². The Labute approximate surface area is 148 Å². The lowest BCUT2D eigenvalue weighted by atomic mass is 9.99. The summed E-state index contributed by atoms with van der Waals surface area (Å²) in [6, 6.07) is 15.1. The molecule has 1 saturated carbocycles. The summed E-state index contributed by atoms with van der Waals surface area (Å²) in [5.74, 6) is 0.790. The Morgan fingerprint density at radius 1 is 1.12 bits per heavy atom. The van der Waals surface area contributed by atoms with Crippen molar-refractivity contribution in [2.75, 3.05) is 19.0 Å². The highest BCUT2D eigenvalue weighted by molar-refractivity contribution is 5.94. The van der Waals surface area contributed by atoms with Crippen molar-refractivity contribution < 1.29 is 14.6 Å². The van der Waals surface area contributed by atoms with Gasteiger partial charge in [-0.15, -0.1) is 0 Å². The number of amides is 2. The van der Waals surface area contributed by atoms with Crippen molar-refractivity contribution in [1.29, 1.82) is 0 Å². The molecule has 2 amide bonds. The van der Waals surface area contributed by atoms with Gasteiger partial charge >= 0.3 is 6.03 Å². The molecule has 0 bridgehead atoms. The van der Waals surface area contributed by atoms with Crippen LogP contribution in [0.15, 0.2) is 48.5 Å². The van der Waals surface area contributed by atoms with Gasteiger partial charge in [0, 0.05) is 5.56 Å². The number of anilines is 1. The van der Waals surface area contributed by atoms with Crippen LogP contribution in [0.25, 0.3) is 11.1 Å². The molecule has 0 aromatic heterocycles. The first-order valence-corrected chi connectivity index (χ1v) is 8.59. The molecule has 0 radical (unpaired) electrons. The van der Waals surface area contributed by atoms with E-state index in [1.807, 2.05) is 48.5 Å². The first-order valence-electron chi connectivity index (χ1n) is 8.59. The zero-order valence-electron chi connectivity index (χ0n) is 14.4. The van der Waals surface area contributed by atoms with Gasteiger partial charge in [-0.05, 0) is 36.6 Å². The molecule has 1 aliphatic carbocycles. The number of hydrogen-bond donors (Lipinski definition) is 3. The van der Waals surface area contributed by atoms with Crippen LogP contribution in [0.3, 0.4) is 0 Å². The van der Waals surface area contributed by atoms with Crippen LogP contribution in [-0.4, -0.2) is 30.4 Å². The monoisotopic (exact) mass is 340 g/mol. The van der Waals surface area contributed by atoms with Crippen molar-refractivity contribution in [1.82, 2.24) is 5.32 Å². The summed E-state index contributed by atoms with van der Waals surface area (Å²) in [5, 5.41) is 15.6. The minimum Gasteiger partial charge on any atom is -0.497 e. The lowest BCUT2D eigenvalue weighted by Gasteiger charge is -2.28. The molecule has 2 aromatic carbocycles. The zero-order chi connectivity index (χ0) is 17.7. The van der Waals surface area contributed by atoms with Gasteiger partial charge in [0.1, 0.15) is 5.75 Å². The van der Waals surface area contributed by atoms with E-state index in [9.17, 15) is 9.90 Å². The molecule has 2 aromatic rings. The van der Waals surface area contributed by atoms with Crippen LogP contribution in [-0.2, 0) is 0 Å². The molecule has 3 rings (SSSR count). The zero-order valence-corrected chi connectivity index (χ0v) is 14.4. The lowest BCUT2D eigenvalue weighted by Crippen LogP contribution is -2.50. The summed E-state index contributed by atoms with van der Waals surface area (Å²) in [7, 11) is 1.63. The molecule has 132 valence electrons. The van der Waals surface area contributed by atoms with Gasteiger partial charge in [-0.1, -0.05) is 43.2 Å². The summed E-state index contributed by atoms with van der Waals surface area (Å²) in [4.78, 5) is 12.5. The number of aliphatic hydroxyl groups is 1. The molecule has 0 heterocycles. The Bertz CT molecular complexity index is 722. The fourth-order valence-corrected chi connectivity index (χ4v) is 3.38. The molecule has 0 atom stereocenters. The van der Waals surface area contributed by atoms with Crippen LogP contribution in [0.2, 0.25) is 0 Å². The van der Waals surface area contributed by atoms with Gasteiger partial charge in [0.2, 0.25) is 0 Å². The highest BCUT2D eigenvalue weighted by atomic mass is 16.5. The van der Waals surface area contributed by atoms with Crippen LogP contribution in [0, 0.1) is 0 Å². The minimum absolute atomic E-state index is 0.0272. The van der Waals surface area contributed by atoms with Gasteiger partial charge in [-0.3, -0.25) is 0 Å². The molecule has 1 aliphatic rings. The number of para-hydroxylation sites is 1. The highest BCUT2D eigenvalue weighted by Gasteiger charge is 2.34. The SMILES string of the molecule is COc1ccc(-c2ccccc2NC(=O)NC2(CO)CCCC2)cc1. The molecule has 0 aliphatic heterocycles. The second-order valence-corrected chi connectivity index (χ2v) is 6.50. The van der Waals surface area contributed by atoms with Crippen molar-refractivity contribution in [3.8, 4) is 16.9 Å². The molecular weight excluding hydrogens is 316 g/mol. The topological polar surface area (TPSA) is 70.6 Å². The first kappa shape index (κ1) is 17.3. The van der Waals surface area contributed by atoms with Crippen molar-refractivity contribution in [3.63, 3.8) is 0 Å². The Morgan fingerprint density at radius 3 is 2.44 bits per heavy atom. The number of carbonyl (C=O) groups excluding carboxylic acids is 1. The summed E-state index contributed by atoms with van der Waals surface area (Å²) in [6.07, 6.45) is 3.70. The summed E-state index contributed by atoms with van der Waals surface area (Å²) >= 11 is 0. The van der Waals surface area contributed by atoms with Gasteiger partial charge in [0.05, 0.1) is 24.9 Å². The van der Waals surface area contributed by atoms with Gasteiger partial charge < -0.3 is 20.5 Å². The number of hydrogen-bond acceptors (Lipinski definition) is 3. The standard InChI is InChI=1S/C20H24N2O3/c1-25-16-10-8-15(9-11-16)17-6-2-3-7-18(17)21-19(24)22-20(14-23)12-4-5-13-20/h2-3,6-11,23H,4-5,12-14H2,1H3,(H2,21,22,24).